The molecule has 0 aliphatic carbocycles. The number of ether oxygens (including phenoxy) is 1. The van der Waals surface area contributed by atoms with Crippen molar-refractivity contribution in [2.24, 2.45) is 0 Å². The monoisotopic (exact) mass is 424 g/mol. The van der Waals surface area contributed by atoms with Gasteiger partial charge in [0, 0.05) is 6.54 Å². The number of carbonyl (C=O) groups excluding carboxylic acids is 1. The summed E-state index contributed by atoms with van der Waals surface area (Å²) in [5, 5.41) is 2.82. The molecule has 0 bridgehead atoms. The van der Waals surface area contributed by atoms with Crippen molar-refractivity contribution in [1.82, 2.24) is 10.0 Å². The first kappa shape index (κ1) is 21.5. The molecule has 30 heavy (non-hydrogen) atoms. The van der Waals surface area contributed by atoms with E-state index in [2.05, 4.69) is 10.0 Å². The van der Waals surface area contributed by atoms with E-state index in [1.807, 2.05) is 42.5 Å². The Morgan fingerprint density at radius 2 is 1.47 bits per heavy atom. The number of nitrogens with one attached hydrogen (secondary N) is 2. The number of methoxy groups -OCH3 is 1. The van der Waals surface area contributed by atoms with Crippen LogP contribution in [0.1, 0.15) is 11.1 Å². The molecule has 0 spiro atoms. The second-order valence-corrected chi connectivity index (χ2v) is 8.46. The Balaban J connectivity index is 1.75. The molecule has 0 aromatic heterocycles. The first-order valence-corrected chi connectivity index (χ1v) is 11.0. The molecular formula is C23H24N2O4S. The lowest BCUT2D eigenvalue weighted by atomic mass is 10.1. The highest BCUT2D eigenvalue weighted by Crippen LogP contribution is 2.13. The first-order valence-electron chi connectivity index (χ1n) is 9.50. The molecule has 2 N–H and O–H groups in total. The topological polar surface area (TPSA) is 84.5 Å². The number of benzene rings is 3. The molecule has 0 heterocycles. The predicted molar refractivity (Wildman–Crippen MR) is 116 cm³/mol. The summed E-state index contributed by atoms with van der Waals surface area (Å²) < 4.78 is 33.2. The Morgan fingerprint density at radius 3 is 2.07 bits per heavy atom. The number of carbonyl (C=O) groups is 1. The summed E-state index contributed by atoms with van der Waals surface area (Å²) >= 11 is 0. The summed E-state index contributed by atoms with van der Waals surface area (Å²) in [6.45, 7) is 0.279. The quantitative estimate of drug-likeness (QED) is 0.553. The third-order valence-corrected chi connectivity index (χ3v) is 6.06. The molecule has 7 heteroatoms. The normalized spacial score (nSPS) is 12.2. The van der Waals surface area contributed by atoms with Crippen molar-refractivity contribution in [2.75, 3.05) is 7.11 Å². The number of rotatable bonds is 9. The lowest BCUT2D eigenvalue weighted by molar-refractivity contribution is -0.122. The van der Waals surface area contributed by atoms with Gasteiger partial charge < -0.3 is 10.1 Å². The van der Waals surface area contributed by atoms with Crippen LogP contribution in [0.3, 0.4) is 0 Å². The maximum absolute atomic E-state index is 12.9. The fourth-order valence-electron chi connectivity index (χ4n) is 2.95. The molecule has 0 saturated carbocycles. The van der Waals surface area contributed by atoms with Gasteiger partial charge in [-0.05, 0) is 41.8 Å². The molecule has 3 rings (SSSR count). The highest BCUT2D eigenvalue weighted by molar-refractivity contribution is 7.89. The zero-order chi connectivity index (χ0) is 21.4. The van der Waals surface area contributed by atoms with Crippen molar-refractivity contribution in [1.29, 1.82) is 0 Å². The smallest absolute Gasteiger partial charge is 0.241 e. The molecule has 0 radical (unpaired) electrons. The summed E-state index contributed by atoms with van der Waals surface area (Å²) in [5.74, 6) is 0.330. The van der Waals surface area contributed by atoms with E-state index in [9.17, 15) is 13.2 Å². The third-order valence-electron chi connectivity index (χ3n) is 4.58. The molecule has 0 unspecified atom stereocenters. The lowest BCUT2D eigenvalue weighted by Crippen LogP contribution is -2.47. The van der Waals surface area contributed by atoms with Gasteiger partial charge in [-0.2, -0.15) is 4.72 Å². The molecular weight excluding hydrogens is 400 g/mol. The number of hydrogen-bond donors (Lipinski definition) is 2. The molecule has 0 saturated heterocycles. The van der Waals surface area contributed by atoms with Gasteiger partial charge in [0.25, 0.3) is 0 Å². The maximum atomic E-state index is 12.9. The van der Waals surface area contributed by atoms with Crippen molar-refractivity contribution in [2.45, 2.75) is 23.9 Å². The Labute approximate surface area is 177 Å². The van der Waals surface area contributed by atoms with Crippen LogP contribution < -0.4 is 14.8 Å². The minimum atomic E-state index is -3.84. The van der Waals surface area contributed by atoms with Crippen LogP contribution in [0.2, 0.25) is 0 Å². The summed E-state index contributed by atoms with van der Waals surface area (Å²) in [4.78, 5) is 13.0. The van der Waals surface area contributed by atoms with E-state index in [0.29, 0.717) is 0 Å². The zero-order valence-electron chi connectivity index (χ0n) is 16.6. The van der Waals surface area contributed by atoms with Crippen molar-refractivity contribution in [3.05, 3.63) is 96.1 Å². The molecule has 0 aliphatic heterocycles. The van der Waals surface area contributed by atoms with Crippen molar-refractivity contribution in [3.8, 4) is 5.75 Å². The fourth-order valence-corrected chi connectivity index (χ4v) is 4.16. The summed E-state index contributed by atoms with van der Waals surface area (Å²) in [5.41, 5.74) is 1.74. The number of amides is 1. The second-order valence-electron chi connectivity index (χ2n) is 6.74. The van der Waals surface area contributed by atoms with E-state index in [1.165, 1.54) is 12.1 Å². The molecule has 0 fully saturated rings. The molecule has 156 valence electrons. The molecule has 1 atom stereocenters. The fraction of sp³-hybridized carbons (Fsp3) is 0.174. The Kier molecular flexibility index (Phi) is 7.21. The molecule has 0 aliphatic rings. The predicted octanol–water partition coefficient (Wildman–Crippen LogP) is 2.90. The standard InChI is InChI=1S/C23H24N2O4S/c1-29-20-14-12-19(13-15-20)17-24-23(26)22(16-18-8-4-2-5-9-18)25-30(27,28)21-10-6-3-7-11-21/h2-15,22,25H,16-17H2,1H3,(H,24,26)/t22-/m1/s1. The van der Waals surface area contributed by atoms with E-state index < -0.39 is 22.0 Å². The van der Waals surface area contributed by atoms with Crippen LogP contribution in [-0.2, 0) is 27.8 Å². The van der Waals surface area contributed by atoms with E-state index in [-0.39, 0.29) is 17.9 Å². The van der Waals surface area contributed by atoms with Gasteiger partial charge in [-0.3, -0.25) is 4.79 Å². The first-order chi connectivity index (χ1) is 14.5. The average molecular weight is 425 g/mol. The van der Waals surface area contributed by atoms with Gasteiger partial charge in [0.2, 0.25) is 15.9 Å². The second kappa shape index (κ2) is 10.0. The largest absolute Gasteiger partial charge is 0.497 e. The Morgan fingerprint density at radius 1 is 0.867 bits per heavy atom. The van der Waals surface area contributed by atoms with Crippen LogP contribution in [0, 0.1) is 0 Å². The van der Waals surface area contributed by atoms with Crippen molar-refractivity contribution < 1.29 is 17.9 Å². The molecule has 6 nitrogen and oxygen atoms in total. The minimum Gasteiger partial charge on any atom is -0.497 e. The summed E-state index contributed by atoms with van der Waals surface area (Å²) in [6, 6.07) is 23.7. The number of sulfonamides is 1. The third kappa shape index (κ3) is 5.92. The van der Waals surface area contributed by atoms with Gasteiger partial charge in [0.15, 0.2) is 0 Å². The molecule has 3 aromatic rings. The zero-order valence-corrected chi connectivity index (χ0v) is 17.4. The van der Waals surface area contributed by atoms with Gasteiger partial charge in [-0.1, -0.05) is 60.7 Å². The van der Waals surface area contributed by atoms with Crippen LogP contribution in [0.25, 0.3) is 0 Å². The Hall–Kier alpha value is -3.16. The van der Waals surface area contributed by atoms with Crippen LogP contribution in [0.15, 0.2) is 89.8 Å². The van der Waals surface area contributed by atoms with Crippen LogP contribution in [0.5, 0.6) is 5.75 Å². The highest BCUT2D eigenvalue weighted by Gasteiger charge is 2.25. The summed E-state index contributed by atoms with van der Waals surface area (Å²) in [7, 11) is -2.26. The van der Waals surface area contributed by atoms with E-state index in [1.54, 1.807) is 37.4 Å². The van der Waals surface area contributed by atoms with Crippen molar-refractivity contribution >= 4 is 15.9 Å². The van der Waals surface area contributed by atoms with Gasteiger partial charge in [-0.15, -0.1) is 0 Å². The molecule has 1 amide bonds. The molecule has 3 aromatic carbocycles. The van der Waals surface area contributed by atoms with Gasteiger partial charge in [0.05, 0.1) is 12.0 Å². The number of hydrogen-bond acceptors (Lipinski definition) is 4. The van der Waals surface area contributed by atoms with Gasteiger partial charge in [-0.25, -0.2) is 8.42 Å². The van der Waals surface area contributed by atoms with E-state index >= 15 is 0 Å². The average Bonchev–Trinajstić information content (AvgIpc) is 2.78. The minimum absolute atomic E-state index is 0.117. The highest BCUT2D eigenvalue weighted by atomic mass is 32.2. The SMILES string of the molecule is COc1ccc(CNC(=O)[C@@H](Cc2ccccc2)NS(=O)(=O)c2ccccc2)cc1. The van der Waals surface area contributed by atoms with Gasteiger partial charge in [0.1, 0.15) is 11.8 Å². The van der Waals surface area contributed by atoms with Crippen LogP contribution in [0.4, 0.5) is 0 Å². The van der Waals surface area contributed by atoms with E-state index in [4.69, 9.17) is 4.74 Å². The van der Waals surface area contributed by atoms with Gasteiger partial charge >= 0.3 is 0 Å². The lowest BCUT2D eigenvalue weighted by Gasteiger charge is -2.19. The maximum Gasteiger partial charge on any atom is 0.241 e. The van der Waals surface area contributed by atoms with Crippen molar-refractivity contribution in [3.63, 3.8) is 0 Å². The van der Waals surface area contributed by atoms with Crippen LogP contribution in [-0.4, -0.2) is 27.5 Å². The van der Waals surface area contributed by atoms with Crippen LogP contribution >= 0.6 is 0 Å². The summed E-state index contributed by atoms with van der Waals surface area (Å²) in [6.07, 6.45) is 0.237. The Bertz CT molecular complexity index is 1050. The van der Waals surface area contributed by atoms with E-state index in [0.717, 1.165) is 16.9 Å².